The highest BCUT2D eigenvalue weighted by Gasteiger charge is 2.25. The predicted molar refractivity (Wildman–Crippen MR) is 132 cm³/mol. The van der Waals surface area contributed by atoms with Gasteiger partial charge in [-0.05, 0) is 17.5 Å². The minimum atomic E-state index is -1.09. The Balaban J connectivity index is 1.57. The van der Waals surface area contributed by atoms with E-state index >= 15 is 0 Å². The average Bonchev–Trinajstić information content (AvgIpc) is 3.34. The number of hydrogen-bond donors (Lipinski definition) is 3. The Morgan fingerprint density at radius 1 is 0.972 bits per heavy atom. The van der Waals surface area contributed by atoms with Gasteiger partial charge in [0.05, 0.1) is 6.04 Å². The second kappa shape index (κ2) is 12.4. The summed E-state index contributed by atoms with van der Waals surface area (Å²) in [5.74, 6) is -2.80. The summed E-state index contributed by atoms with van der Waals surface area (Å²) in [6, 6.07) is 18.6. The van der Waals surface area contributed by atoms with Crippen molar-refractivity contribution in [3.63, 3.8) is 0 Å². The fourth-order valence-corrected chi connectivity index (χ4v) is 3.66. The van der Waals surface area contributed by atoms with E-state index in [9.17, 15) is 19.2 Å². The molecule has 0 saturated carbocycles. The molecule has 2 amide bonds. The van der Waals surface area contributed by atoms with E-state index in [1.165, 1.54) is 6.92 Å². The van der Waals surface area contributed by atoms with Crippen molar-refractivity contribution in [2.75, 3.05) is 0 Å². The van der Waals surface area contributed by atoms with Crippen LogP contribution in [0.15, 0.2) is 65.2 Å². The molecular formula is C27H29N3O6. The molecule has 9 nitrogen and oxygen atoms in total. The largest absolute Gasteiger partial charge is 0.481 e. The molecule has 3 rings (SSSR count). The fourth-order valence-electron chi connectivity index (χ4n) is 3.66. The molecule has 4 N–H and O–H groups in total. The number of carboxylic acid groups (broad SMARTS) is 1. The quantitative estimate of drug-likeness (QED) is 0.331. The van der Waals surface area contributed by atoms with Gasteiger partial charge in [-0.25, -0.2) is 0 Å². The lowest BCUT2D eigenvalue weighted by Crippen LogP contribution is -2.42. The lowest BCUT2D eigenvalue weighted by atomic mass is 9.96. The minimum absolute atomic E-state index is 0.0177. The first kappa shape index (κ1) is 26.3. The van der Waals surface area contributed by atoms with E-state index in [1.54, 1.807) is 6.07 Å². The van der Waals surface area contributed by atoms with E-state index in [4.69, 9.17) is 15.4 Å². The molecule has 36 heavy (non-hydrogen) atoms. The third-order valence-corrected chi connectivity index (χ3v) is 5.81. The standard InChI is InChI=1S/C27H29N3O6/c1-17(27(28)35)15-24(31)22(12-14-26(33)34)29-25(32)13-11-21-16-23(30-36-21)20-9-7-19(8-10-20)18-5-3-2-4-6-18/h2-10,16-17,22H,11-15H2,1H3,(H2,28,35)(H,29,32)(H,33,34)/t17-,22+/m1/s1. The zero-order chi connectivity index (χ0) is 26.1. The Kier molecular flexibility index (Phi) is 9.10. The highest BCUT2D eigenvalue weighted by atomic mass is 16.5. The Bertz CT molecular complexity index is 1200. The smallest absolute Gasteiger partial charge is 0.303 e. The summed E-state index contributed by atoms with van der Waals surface area (Å²) in [5.41, 5.74) is 8.91. The van der Waals surface area contributed by atoms with Gasteiger partial charge in [-0.15, -0.1) is 0 Å². The maximum absolute atomic E-state index is 12.5. The summed E-state index contributed by atoms with van der Waals surface area (Å²) in [6.45, 7) is 1.51. The Hall–Kier alpha value is -4.27. The van der Waals surface area contributed by atoms with Gasteiger partial charge < -0.3 is 20.7 Å². The van der Waals surface area contributed by atoms with Gasteiger partial charge in [0.15, 0.2) is 5.78 Å². The number of carboxylic acids is 1. The van der Waals surface area contributed by atoms with Crippen LogP contribution in [0.5, 0.6) is 0 Å². The molecule has 1 aromatic heterocycles. The third-order valence-electron chi connectivity index (χ3n) is 5.81. The number of aromatic nitrogens is 1. The molecule has 0 aliphatic carbocycles. The van der Waals surface area contributed by atoms with Gasteiger partial charge in [-0.1, -0.05) is 66.7 Å². The van der Waals surface area contributed by atoms with E-state index in [2.05, 4.69) is 10.5 Å². The number of aliphatic carboxylic acids is 1. The second-order valence-electron chi connectivity index (χ2n) is 8.65. The summed E-state index contributed by atoms with van der Waals surface area (Å²) in [4.78, 5) is 47.2. The van der Waals surface area contributed by atoms with Crippen molar-refractivity contribution >= 4 is 23.6 Å². The van der Waals surface area contributed by atoms with Crippen LogP contribution in [-0.2, 0) is 25.6 Å². The van der Waals surface area contributed by atoms with Gasteiger partial charge in [-0.3, -0.25) is 19.2 Å². The molecule has 0 saturated heterocycles. The average molecular weight is 492 g/mol. The summed E-state index contributed by atoms with van der Waals surface area (Å²) < 4.78 is 5.37. The summed E-state index contributed by atoms with van der Waals surface area (Å²) in [7, 11) is 0. The first-order chi connectivity index (χ1) is 17.2. The Morgan fingerprint density at radius 3 is 2.25 bits per heavy atom. The van der Waals surface area contributed by atoms with E-state index < -0.39 is 35.5 Å². The molecule has 9 heteroatoms. The Labute approximate surface area is 208 Å². The molecule has 2 aromatic carbocycles. The van der Waals surface area contributed by atoms with E-state index in [0.29, 0.717) is 11.5 Å². The molecule has 0 fully saturated rings. The minimum Gasteiger partial charge on any atom is -0.481 e. The van der Waals surface area contributed by atoms with Gasteiger partial charge >= 0.3 is 5.97 Å². The lowest BCUT2D eigenvalue weighted by molar-refractivity contribution is -0.138. The van der Waals surface area contributed by atoms with E-state index in [-0.39, 0.29) is 32.1 Å². The van der Waals surface area contributed by atoms with Crippen LogP contribution >= 0.6 is 0 Å². The first-order valence-corrected chi connectivity index (χ1v) is 11.7. The topological polar surface area (TPSA) is 153 Å². The normalized spacial score (nSPS) is 12.5. The van der Waals surface area contributed by atoms with Crippen molar-refractivity contribution in [1.82, 2.24) is 10.5 Å². The number of amides is 2. The van der Waals surface area contributed by atoms with Crippen LogP contribution in [0.3, 0.4) is 0 Å². The Morgan fingerprint density at radius 2 is 1.61 bits per heavy atom. The zero-order valence-electron chi connectivity index (χ0n) is 20.0. The molecule has 0 aliphatic heterocycles. The van der Waals surface area contributed by atoms with Crippen molar-refractivity contribution in [3.05, 3.63) is 66.4 Å². The van der Waals surface area contributed by atoms with Crippen molar-refractivity contribution in [1.29, 1.82) is 0 Å². The van der Waals surface area contributed by atoms with Gasteiger partial charge in [0, 0.05) is 43.2 Å². The van der Waals surface area contributed by atoms with E-state index in [0.717, 1.165) is 16.7 Å². The number of nitrogens with one attached hydrogen (secondary N) is 1. The molecule has 0 spiro atoms. The molecule has 3 aromatic rings. The van der Waals surface area contributed by atoms with Crippen LogP contribution in [0.25, 0.3) is 22.4 Å². The zero-order valence-corrected chi connectivity index (χ0v) is 20.0. The predicted octanol–water partition coefficient (Wildman–Crippen LogP) is 3.37. The maximum Gasteiger partial charge on any atom is 0.303 e. The van der Waals surface area contributed by atoms with Crippen LogP contribution in [0.1, 0.15) is 38.4 Å². The maximum atomic E-state index is 12.5. The molecule has 0 unspecified atom stereocenters. The fraction of sp³-hybridized carbons (Fsp3) is 0.296. The molecular weight excluding hydrogens is 462 g/mol. The van der Waals surface area contributed by atoms with Crippen molar-refractivity contribution in [2.45, 2.75) is 45.1 Å². The number of Topliss-reactive ketones (excluding diaryl/α,β-unsaturated/α-hetero) is 1. The van der Waals surface area contributed by atoms with Crippen LogP contribution in [0.4, 0.5) is 0 Å². The molecule has 0 bridgehead atoms. The lowest BCUT2D eigenvalue weighted by Gasteiger charge is -2.18. The van der Waals surface area contributed by atoms with Crippen molar-refractivity contribution < 1.29 is 28.8 Å². The van der Waals surface area contributed by atoms with Gasteiger partial charge in [0.2, 0.25) is 11.8 Å². The number of carbonyl (C=O) groups excluding carboxylic acids is 3. The second-order valence-corrected chi connectivity index (χ2v) is 8.65. The molecule has 1 heterocycles. The summed E-state index contributed by atoms with van der Waals surface area (Å²) >= 11 is 0. The number of ketones is 1. The number of primary amides is 1. The number of benzene rings is 2. The number of hydrogen-bond acceptors (Lipinski definition) is 6. The van der Waals surface area contributed by atoms with Crippen LogP contribution in [-0.4, -0.2) is 39.9 Å². The van der Waals surface area contributed by atoms with Crippen LogP contribution in [0, 0.1) is 5.92 Å². The number of nitrogens with zero attached hydrogens (tertiary/aromatic N) is 1. The van der Waals surface area contributed by atoms with E-state index in [1.807, 2.05) is 54.6 Å². The van der Waals surface area contributed by atoms with Crippen LogP contribution < -0.4 is 11.1 Å². The highest BCUT2D eigenvalue weighted by molar-refractivity contribution is 5.92. The SMILES string of the molecule is C[C@H](CC(=O)[C@H](CCC(=O)O)NC(=O)CCc1cc(-c2ccc(-c3ccccc3)cc2)no1)C(N)=O. The first-order valence-electron chi connectivity index (χ1n) is 11.7. The highest BCUT2D eigenvalue weighted by Crippen LogP contribution is 2.25. The molecule has 2 atom stereocenters. The number of nitrogens with two attached hydrogens (primary N) is 1. The monoisotopic (exact) mass is 491 g/mol. The summed E-state index contributed by atoms with van der Waals surface area (Å²) in [6.07, 6.45) is -0.274. The summed E-state index contributed by atoms with van der Waals surface area (Å²) in [5, 5.41) is 15.6. The number of rotatable bonds is 13. The van der Waals surface area contributed by atoms with Crippen molar-refractivity contribution in [3.8, 4) is 22.4 Å². The van der Waals surface area contributed by atoms with Crippen LogP contribution in [0.2, 0.25) is 0 Å². The number of carbonyl (C=O) groups is 4. The van der Waals surface area contributed by atoms with Gasteiger partial charge in [-0.2, -0.15) is 0 Å². The molecule has 0 aliphatic rings. The van der Waals surface area contributed by atoms with Crippen molar-refractivity contribution in [2.24, 2.45) is 11.7 Å². The van der Waals surface area contributed by atoms with Gasteiger partial charge in [0.25, 0.3) is 0 Å². The van der Waals surface area contributed by atoms with Gasteiger partial charge in [0.1, 0.15) is 11.5 Å². The number of aryl methyl sites for hydroxylation is 1. The third kappa shape index (κ3) is 7.63. The molecule has 0 radical (unpaired) electrons. The molecule has 188 valence electrons.